The minimum atomic E-state index is -0.0285. The Morgan fingerprint density at radius 3 is 2.82 bits per heavy atom. The van der Waals surface area contributed by atoms with Gasteiger partial charge in [-0.15, -0.1) is 0 Å². The molecule has 1 fully saturated rings. The van der Waals surface area contributed by atoms with E-state index < -0.39 is 0 Å². The minimum absolute atomic E-state index is 0.0285. The summed E-state index contributed by atoms with van der Waals surface area (Å²) in [5.41, 5.74) is 1.74. The van der Waals surface area contributed by atoms with Crippen LogP contribution in [0, 0.1) is 6.92 Å². The Hall–Kier alpha value is -2.14. The topological polar surface area (TPSA) is 55.6 Å². The van der Waals surface area contributed by atoms with Crippen LogP contribution in [0.25, 0.3) is 0 Å². The van der Waals surface area contributed by atoms with E-state index >= 15 is 0 Å². The highest BCUT2D eigenvalue weighted by Crippen LogP contribution is 2.26. The molecular formula is C17H20N2O3. The summed E-state index contributed by atoms with van der Waals surface area (Å²) in [6.07, 6.45) is 3.20. The molecule has 5 heteroatoms. The second kappa shape index (κ2) is 6.32. The Labute approximate surface area is 129 Å². The van der Waals surface area contributed by atoms with Crippen LogP contribution in [0.15, 0.2) is 41.1 Å². The molecule has 2 aromatic rings. The van der Waals surface area contributed by atoms with Gasteiger partial charge in [-0.05, 0) is 25.3 Å². The van der Waals surface area contributed by atoms with Crippen LogP contribution in [0.1, 0.15) is 28.1 Å². The van der Waals surface area contributed by atoms with Gasteiger partial charge in [0.05, 0.1) is 18.3 Å². The summed E-state index contributed by atoms with van der Waals surface area (Å²) in [5.74, 6) is 0.531. The molecule has 3 rings (SSSR count). The minimum Gasteiger partial charge on any atom is -0.379 e. The number of hydrogen-bond donors (Lipinski definition) is 0. The maximum Gasteiger partial charge on any atom is 0.259 e. The van der Waals surface area contributed by atoms with E-state index in [1.807, 2.05) is 23.1 Å². The van der Waals surface area contributed by atoms with E-state index in [1.165, 1.54) is 11.8 Å². The Kier molecular flexibility index (Phi) is 4.24. The standard InChI is InChI=1S/C17H20N2O3/c1-12-14(11-18-22-12)17(20)19-9-8-16(21-2)15(19)10-13-6-4-3-5-7-13/h3-7,11,15-16H,8-10H2,1-2H3/t15-,16-/m0/s1. The van der Waals surface area contributed by atoms with Gasteiger partial charge in [0.15, 0.2) is 0 Å². The van der Waals surface area contributed by atoms with Crippen LogP contribution in [-0.4, -0.2) is 41.8 Å². The van der Waals surface area contributed by atoms with Gasteiger partial charge >= 0.3 is 0 Å². The number of likely N-dealkylation sites (tertiary alicyclic amines) is 1. The number of carbonyl (C=O) groups excluding carboxylic acids is 1. The number of methoxy groups -OCH3 is 1. The maximum atomic E-state index is 12.8. The van der Waals surface area contributed by atoms with Crippen molar-refractivity contribution in [2.24, 2.45) is 0 Å². The fraction of sp³-hybridized carbons (Fsp3) is 0.412. The molecular weight excluding hydrogens is 280 g/mol. The van der Waals surface area contributed by atoms with E-state index in [4.69, 9.17) is 9.26 Å². The predicted octanol–water partition coefficient (Wildman–Crippen LogP) is 2.46. The first-order valence-corrected chi connectivity index (χ1v) is 7.49. The molecule has 0 bridgehead atoms. The first-order chi connectivity index (χ1) is 10.7. The second-order valence-electron chi connectivity index (χ2n) is 5.61. The SMILES string of the molecule is CO[C@H]1CCN(C(=O)c2cnoc2C)[C@H]1Cc1ccccc1. The largest absolute Gasteiger partial charge is 0.379 e. The summed E-state index contributed by atoms with van der Waals surface area (Å²) in [4.78, 5) is 14.7. The van der Waals surface area contributed by atoms with Crippen molar-refractivity contribution in [3.8, 4) is 0 Å². The zero-order chi connectivity index (χ0) is 15.5. The Bertz CT molecular complexity index is 638. The lowest BCUT2D eigenvalue weighted by Crippen LogP contribution is -2.41. The van der Waals surface area contributed by atoms with Gasteiger partial charge in [-0.2, -0.15) is 0 Å². The predicted molar refractivity (Wildman–Crippen MR) is 81.6 cm³/mol. The number of ether oxygens (including phenoxy) is 1. The van der Waals surface area contributed by atoms with Crippen molar-refractivity contribution < 1.29 is 14.1 Å². The van der Waals surface area contributed by atoms with Gasteiger partial charge in [-0.1, -0.05) is 35.5 Å². The number of amides is 1. The van der Waals surface area contributed by atoms with Gasteiger partial charge in [-0.3, -0.25) is 4.79 Å². The first-order valence-electron chi connectivity index (χ1n) is 7.49. The van der Waals surface area contributed by atoms with E-state index in [0.29, 0.717) is 17.9 Å². The average molecular weight is 300 g/mol. The summed E-state index contributed by atoms with van der Waals surface area (Å²) in [6.45, 7) is 2.45. The summed E-state index contributed by atoms with van der Waals surface area (Å²) in [7, 11) is 1.71. The van der Waals surface area contributed by atoms with Crippen molar-refractivity contribution in [2.75, 3.05) is 13.7 Å². The lowest BCUT2D eigenvalue weighted by atomic mass is 10.0. The maximum absolute atomic E-state index is 12.8. The van der Waals surface area contributed by atoms with Crippen LogP contribution < -0.4 is 0 Å². The molecule has 0 unspecified atom stereocenters. The van der Waals surface area contributed by atoms with Gasteiger partial charge < -0.3 is 14.2 Å². The van der Waals surface area contributed by atoms with E-state index in [0.717, 1.165) is 12.8 Å². The smallest absolute Gasteiger partial charge is 0.259 e. The molecule has 1 aromatic carbocycles. The number of benzene rings is 1. The molecule has 1 aliphatic heterocycles. The molecule has 1 aromatic heterocycles. The van der Waals surface area contributed by atoms with Gasteiger partial charge in [0, 0.05) is 13.7 Å². The summed E-state index contributed by atoms with van der Waals surface area (Å²) in [5, 5.41) is 3.71. The third-order valence-electron chi connectivity index (χ3n) is 4.32. The lowest BCUT2D eigenvalue weighted by Gasteiger charge is -2.27. The fourth-order valence-electron chi connectivity index (χ4n) is 3.11. The fourth-order valence-corrected chi connectivity index (χ4v) is 3.11. The third kappa shape index (κ3) is 2.76. The number of rotatable bonds is 4. The Morgan fingerprint density at radius 1 is 1.41 bits per heavy atom. The van der Waals surface area contributed by atoms with E-state index in [2.05, 4.69) is 17.3 Å². The summed E-state index contributed by atoms with van der Waals surface area (Å²) >= 11 is 0. The van der Waals surface area contributed by atoms with Crippen LogP contribution in [-0.2, 0) is 11.2 Å². The highest BCUT2D eigenvalue weighted by atomic mass is 16.5. The highest BCUT2D eigenvalue weighted by Gasteiger charge is 2.38. The molecule has 2 atom stereocenters. The normalized spacial score (nSPS) is 21.3. The number of aryl methyl sites for hydroxylation is 1. The molecule has 1 amide bonds. The molecule has 0 radical (unpaired) electrons. The van der Waals surface area contributed by atoms with Gasteiger partial charge in [0.2, 0.25) is 0 Å². The number of hydrogen-bond acceptors (Lipinski definition) is 4. The molecule has 2 heterocycles. The van der Waals surface area contributed by atoms with Crippen LogP contribution in [0.4, 0.5) is 0 Å². The molecule has 0 saturated carbocycles. The number of nitrogens with zero attached hydrogens (tertiary/aromatic N) is 2. The summed E-state index contributed by atoms with van der Waals surface area (Å²) < 4.78 is 10.6. The molecule has 5 nitrogen and oxygen atoms in total. The number of carbonyl (C=O) groups is 1. The molecule has 1 saturated heterocycles. The van der Waals surface area contributed by atoms with Crippen molar-refractivity contribution in [3.05, 3.63) is 53.4 Å². The average Bonchev–Trinajstić information content (AvgIpc) is 3.14. The molecule has 22 heavy (non-hydrogen) atoms. The zero-order valence-corrected chi connectivity index (χ0v) is 12.9. The van der Waals surface area contributed by atoms with Crippen LogP contribution in [0.2, 0.25) is 0 Å². The Morgan fingerprint density at radius 2 is 2.18 bits per heavy atom. The zero-order valence-electron chi connectivity index (χ0n) is 12.9. The third-order valence-corrected chi connectivity index (χ3v) is 4.32. The molecule has 1 aliphatic rings. The van der Waals surface area contributed by atoms with E-state index in [-0.39, 0.29) is 18.1 Å². The summed E-state index contributed by atoms with van der Waals surface area (Å²) in [6, 6.07) is 10.2. The second-order valence-corrected chi connectivity index (χ2v) is 5.61. The highest BCUT2D eigenvalue weighted by molar-refractivity contribution is 5.95. The van der Waals surface area contributed by atoms with Crippen molar-refractivity contribution >= 4 is 5.91 Å². The van der Waals surface area contributed by atoms with E-state index in [9.17, 15) is 4.79 Å². The lowest BCUT2D eigenvalue weighted by molar-refractivity contribution is 0.0507. The molecule has 0 aliphatic carbocycles. The van der Waals surface area contributed by atoms with Crippen molar-refractivity contribution in [1.82, 2.24) is 10.1 Å². The van der Waals surface area contributed by atoms with Gasteiger partial charge in [0.25, 0.3) is 5.91 Å². The Balaban J connectivity index is 1.83. The van der Waals surface area contributed by atoms with E-state index in [1.54, 1.807) is 14.0 Å². The molecule has 0 N–H and O–H groups in total. The van der Waals surface area contributed by atoms with Crippen LogP contribution >= 0.6 is 0 Å². The first kappa shape index (κ1) is 14.8. The van der Waals surface area contributed by atoms with Crippen molar-refractivity contribution in [3.63, 3.8) is 0 Å². The monoisotopic (exact) mass is 300 g/mol. The van der Waals surface area contributed by atoms with Gasteiger partial charge in [-0.25, -0.2) is 0 Å². The van der Waals surface area contributed by atoms with Crippen LogP contribution in [0.3, 0.4) is 0 Å². The van der Waals surface area contributed by atoms with Crippen LogP contribution in [0.5, 0.6) is 0 Å². The van der Waals surface area contributed by atoms with Crippen molar-refractivity contribution in [1.29, 1.82) is 0 Å². The van der Waals surface area contributed by atoms with Gasteiger partial charge in [0.1, 0.15) is 11.3 Å². The molecule has 0 spiro atoms. The molecule has 116 valence electrons. The number of aromatic nitrogens is 1. The van der Waals surface area contributed by atoms with Crippen molar-refractivity contribution in [2.45, 2.75) is 31.9 Å². The quantitative estimate of drug-likeness (QED) is 0.870.